The maximum Gasteiger partial charge on any atom is 0.257 e. The Morgan fingerprint density at radius 1 is 1.18 bits per heavy atom. The average molecular weight is 380 g/mol. The molecule has 0 unspecified atom stereocenters. The van der Waals surface area contributed by atoms with Crippen molar-refractivity contribution in [1.82, 2.24) is 10.3 Å². The van der Waals surface area contributed by atoms with Crippen molar-refractivity contribution in [3.05, 3.63) is 58.8 Å². The highest BCUT2D eigenvalue weighted by atomic mass is 16.5. The lowest BCUT2D eigenvalue weighted by Crippen LogP contribution is -2.57. The highest BCUT2D eigenvalue weighted by Crippen LogP contribution is 2.36. The minimum absolute atomic E-state index is 0.00907. The van der Waals surface area contributed by atoms with Gasteiger partial charge >= 0.3 is 0 Å². The molecule has 1 aliphatic carbocycles. The van der Waals surface area contributed by atoms with E-state index in [0.717, 1.165) is 36.5 Å². The Bertz CT molecular complexity index is 831. The van der Waals surface area contributed by atoms with Crippen molar-refractivity contribution in [1.29, 1.82) is 0 Å². The molecule has 1 aliphatic heterocycles. The maximum atomic E-state index is 13.1. The van der Waals surface area contributed by atoms with Crippen LogP contribution < -0.4 is 10.2 Å². The summed E-state index contributed by atoms with van der Waals surface area (Å²) in [6.07, 6.45) is 6.07. The Balaban J connectivity index is 1.78. The molecule has 1 fully saturated rings. The quantitative estimate of drug-likeness (QED) is 0.846. The standard InChI is InChI=1S/C23H29N3O2/c1-16-13-19(15-28-2)20-22(24-16)26(14-17-9-5-3-6-10-17)21(25-23(20)27)18-11-7-4-8-12-18/h3,5-6,9-10,13,18,21H,4,7-8,11-12,14-15H2,1-2H3,(H,25,27)/t21-/m1/s1. The number of hydrogen-bond acceptors (Lipinski definition) is 4. The molecule has 1 amide bonds. The number of rotatable bonds is 5. The van der Waals surface area contributed by atoms with Crippen LogP contribution >= 0.6 is 0 Å². The largest absolute Gasteiger partial charge is 0.380 e. The summed E-state index contributed by atoms with van der Waals surface area (Å²) >= 11 is 0. The van der Waals surface area contributed by atoms with Crippen LogP contribution in [0.25, 0.3) is 0 Å². The third-order valence-electron chi connectivity index (χ3n) is 5.92. The summed E-state index contributed by atoms with van der Waals surface area (Å²) in [4.78, 5) is 20.3. The van der Waals surface area contributed by atoms with Gasteiger partial charge in [-0.3, -0.25) is 4.79 Å². The van der Waals surface area contributed by atoms with Crippen LogP contribution in [0, 0.1) is 12.8 Å². The van der Waals surface area contributed by atoms with Crippen LogP contribution in [0.15, 0.2) is 36.4 Å². The second-order valence-corrected chi connectivity index (χ2v) is 7.98. The van der Waals surface area contributed by atoms with E-state index in [9.17, 15) is 4.79 Å². The topological polar surface area (TPSA) is 54.5 Å². The predicted molar refractivity (Wildman–Crippen MR) is 110 cm³/mol. The van der Waals surface area contributed by atoms with Gasteiger partial charge in [0.1, 0.15) is 12.0 Å². The Labute approximate surface area is 167 Å². The molecule has 1 aromatic carbocycles. The van der Waals surface area contributed by atoms with E-state index in [1.165, 1.54) is 24.8 Å². The number of methoxy groups -OCH3 is 1. The highest BCUT2D eigenvalue weighted by molar-refractivity contribution is 6.02. The number of pyridine rings is 1. The van der Waals surface area contributed by atoms with Crippen molar-refractivity contribution in [2.24, 2.45) is 5.92 Å². The van der Waals surface area contributed by atoms with E-state index in [0.29, 0.717) is 18.1 Å². The van der Waals surface area contributed by atoms with E-state index in [2.05, 4.69) is 34.5 Å². The van der Waals surface area contributed by atoms with Crippen LogP contribution in [0.3, 0.4) is 0 Å². The summed E-state index contributed by atoms with van der Waals surface area (Å²) in [5.41, 5.74) is 3.71. The van der Waals surface area contributed by atoms with E-state index in [4.69, 9.17) is 9.72 Å². The first kappa shape index (κ1) is 18.9. The van der Waals surface area contributed by atoms with Gasteiger partial charge in [0.2, 0.25) is 0 Å². The van der Waals surface area contributed by atoms with Crippen molar-refractivity contribution in [2.75, 3.05) is 12.0 Å². The zero-order valence-electron chi connectivity index (χ0n) is 16.8. The molecule has 0 saturated heterocycles. The molecule has 1 saturated carbocycles. The minimum atomic E-state index is -0.0190. The predicted octanol–water partition coefficient (Wildman–Crippen LogP) is 4.19. The molecule has 5 nitrogen and oxygen atoms in total. The number of nitrogens with one attached hydrogen (secondary N) is 1. The molecular formula is C23H29N3O2. The molecule has 0 spiro atoms. The number of aryl methyl sites for hydroxylation is 1. The van der Waals surface area contributed by atoms with Gasteiger partial charge < -0.3 is 15.0 Å². The molecule has 1 atom stereocenters. The summed E-state index contributed by atoms with van der Waals surface area (Å²) in [5.74, 6) is 1.24. The molecule has 1 aromatic heterocycles. The van der Waals surface area contributed by atoms with E-state index < -0.39 is 0 Å². The van der Waals surface area contributed by atoms with Gasteiger partial charge in [0.15, 0.2) is 0 Å². The highest BCUT2D eigenvalue weighted by Gasteiger charge is 2.38. The number of amides is 1. The Morgan fingerprint density at radius 2 is 1.93 bits per heavy atom. The van der Waals surface area contributed by atoms with Gasteiger partial charge in [-0.25, -0.2) is 4.98 Å². The number of carbonyl (C=O) groups is 1. The Hall–Kier alpha value is -2.40. The van der Waals surface area contributed by atoms with E-state index in [-0.39, 0.29) is 12.1 Å². The normalized spacial score (nSPS) is 20.0. The van der Waals surface area contributed by atoms with Gasteiger partial charge in [0.05, 0.1) is 12.2 Å². The maximum absolute atomic E-state index is 13.1. The number of fused-ring (bicyclic) bond motifs is 1. The molecule has 4 rings (SSSR count). The second-order valence-electron chi connectivity index (χ2n) is 7.98. The van der Waals surface area contributed by atoms with Crippen molar-refractivity contribution >= 4 is 11.7 Å². The molecule has 0 radical (unpaired) electrons. The molecule has 0 bridgehead atoms. The molecule has 148 valence electrons. The molecule has 2 aromatic rings. The van der Waals surface area contributed by atoms with Crippen LogP contribution in [-0.4, -0.2) is 24.2 Å². The Morgan fingerprint density at radius 3 is 2.64 bits per heavy atom. The fourth-order valence-electron chi connectivity index (χ4n) is 4.64. The number of ether oxygens (including phenoxy) is 1. The third kappa shape index (κ3) is 3.76. The first-order valence-electron chi connectivity index (χ1n) is 10.3. The van der Waals surface area contributed by atoms with Gasteiger partial charge in [-0.15, -0.1) is 0 Å². The molecule has 2 aliphatic rings. The fourth-order valence-corrected chi connectivity index (χ4v) is 4.64. The first-order valence-corrected chi connectivity index (χ1v) is 10.3. The van der Waals surface area contributed by atoms with Crippen molar-refractivity contribution < 1.29 is 9.53 Å². The van der Waals surface area contributed by atoms with Crippen LogP contribution in [0.5, 0.6) is 0 Å². The van der Waals surface area contributed by atoms with E-state index in [1.54, 1.807) is 7.11 Å². The molecule has 1 N–H and O–H groups in total. The van der Waals surface area contributed by atoms with Gasteiger partial charge in [0.25, 0.3) is 5.91 Å². The summed E-state index contributed by atoms with van der Waals surface area (Å²) in [6, 6.07) is 12.4. The Kier molecular flexibility index (Phi) is 5.62. The lowest BCUT2D eigenvalue weighted by Gasteiger charge is -2.43. The van der Waals surface area contributed by atoms with Gasteiger partial charge in [-0.1, -0.05) is 49.6 Å². The van der Waals surface area contributed by atoms with Crippen molar-refractivity contribution in [2.45, 2.75) is 58.3 Å². The lowest BCUT2D eigenvalue weighted by molar-refractivity contribution is 0.0890. The van der Waals surface area contributed by atoms with Crippen LogP contribution in [0.1, 0.15) is 59.3 Å². The summed E-state index contributed by atoms with van der Waals surface area (Å²) in [6.45, 7) is 3.13. The number of anilines is 1. The van der Waals surface area contributed by atoms with Crippen LogP contribution in [-0.2, 0) is 17.9 Å². The number of hydrogen-bond donors (Lipinski definition) is 1. The second kappa shape index (κ2) is 8.31. The molecule has 5 heteroatoms. The van der Waals surface area contributed by atoms with Gasteiger partial charge in [-0.05, 0) is 42.9 Å². The lowest BCUT2D eigenvalue weighted by atomic mass is 9.85. The molecule has 2 heterocycles. The van der Waals surface area contributed by atoms with Gasteiger partial charge in [0, 0.05) is 19.3 Å². The SMILES string of the molecule is COCc1cc(C)nc2c1C(=O)N[C@@H](C1CCCCC1)N2Cc1ccccc1. The first-order chi connectivity index (χ1) is 13.7. The fraction of sp³-hybridized carbons (Fsp3) is 0.478. The number of benzene rings is 1. The number of carbonyl (C=O) groups excluding carboxylic acids is 1. The third-order valence-corrected chi connectivity index (χ3v) is 5.92. The van der Waals surface area contributed by atoms with Crippen molar-refractivity contribution in [3.63, 3.8) is 0 Å². The smallest absolute Gasteiger partial charge is 0.257 e. The van der Waals surface area contributed by atoms with Crippen LogP contribution in [0.4, 0.5) is 5.82 Å². The van der Waals surface area contributed by atoms with E-state index >= 15 is 0 Å². The summed E-state index contributed by atoms with van der Waals surface area (Å²) < 4.78 is 5.37. The zero-order valence-corrected chi connectivity index (χ0v) is 16.8. The molecule has 28 heavy (non-hydrogen) atoms. The zero-order chi connectivity index (χ0) is 19.5. The number of nitrogens with zero attached hydrogens (tertiary/aromatic N) is 2. The minimum Gasteiger partial charge on any atom is -0.380 e. The van der Waals surface area contributed by atoms with Crippen LogP contribution in [0.2, 0.25) is 0 Å². The summed E-state index contributed by atoms with van der Waals surface area (Å²) in [7, 11) is 1.66. The van der Waals surface area contributed by atoms with E-state index in [1.807, 2.05) is 19.1 Å². The van der Waals surface area contributed by atoms with Crippen molar-refractivity contribution in [3.8, 4) is 0 Å². The number of aromatic nitrogens is 1. The molecular weight excluding hydrogens is 350 g/mol. The average Bonchev–Trinajstić information content (AvgIpc) is 2.71. The van der Waals surface area contributed by atoms with Gasteiger partial charge in [-0.2, -0.15) is 0 Å². The monoisotopic (exact) mass is 379 g/mol. The summed E-state index contributed by atoms with van der Waals surface area (Å²) in [5, 5.41) is 3.32.